The Bertz CT molecular complexity index is 911. The molecule has 1 heterocycles. The molecule has 0 saturated heterocycles. The zero-order valence-corrected chi connectivity index (χ0v) is 12.7. The van der Waals surface area contributed by atoms with Gasteiger partial charge in [-0.3, -0.25) is 19.2 Å². The smallest absolute Gasteiger partial charge is 0.331 e. The Morgan fingerprint density at radius 3 is 2.21 bits per heavy atom. The molecule has 1 N–H and O–H groups in total. The van der Waals surface area contributed by atoms with Crippen molar-refractivity contribution in [1.29, 1.82) is 0 Å². The third-order valence-electron chi connectivity index (χ3n) is 3.71. The maximum Gasteiger partial charge on any atom is 0.331 e. The molecular weight excluding hydrogens is 310 g/mol. The van der Waals surface area contributed by atoms with Crippen molar-refractivity contribution in [2.24, 2.45) is 0 Å². The maximum atomic E-state index is 12.4. The number of benzene rings is 2. The molecule has 0 unspecified atom stereocenters. The number of hydrogen-bond acceptors (Lipinski definition) is 4. The van der Waals surface area contributed by atoms with Gasteiger partial charge in [0.1, 0.15) is 0 Å². The molecule has 1 aromatic heterocycles. The van der Waals surface area contributed by atoms with Crippen LogP contribution in [-0.2, 0) is 13.1 Å². The third kappa shape index (κ3) is 3.19. The minimum Gasteiger partial charge on any atom is -0.493 e. The number of hydrogen-bond donors (Lipinski definition) is 1. The van der Waals surface area contributed by atoms with Crippen LogP contribution < -0.4 is 5.69 Å². The maximum absolute atomic E-state index is 12.4. The van der Waals surface area contributed by atoms with Gasteiger partial charge in [0.25, 0.3) is 5.69 Å². The number of nitrogens with zero attached hydrogens (tertiary/aromatic N) is 3. The monoisotopic (exact) mass is 325 g/mol. The predicted octanol–water partition coefficient (Wildman–Crippen LogP) is 2.36. The fourth-order valence-electron chi connectivity index (χ4n) is 2.47. The zero-order valence-electron chi connectivity index (χ0n) is 12.7. The third-order valence-corrected chi connectivity index (χ3v) is 3.71. The van der Waals surface area contributed by atoms with E-state index in [1.54, 1.807) is 12.1 Å². The molecule has 3 aromatic rings. The Morgan fingerprint density at radius 2 is 1.58 bits per heavy atom. The lowest BCUT2D eigenvalue weighted by Gasteiger charge is -2.03. The van der Waals surface area contributed by atoms with Crippen molar-refractivity contribution < 1.29 is 10.0 Å². The summed E-state index contributed by atoms with van der Waals surface area (Å²) in [5.74, 6) is -0.120. The van der Waals surface area contributed by atoms with E-state index in [1.807, 2.05) is 30.3 Å². The molecule has 0 aliphatic rings. The molecule has 7 heteroatoms. The number of nitro groups is 1. The lowest BCUT2D eigenvalue weighted by atomic mass is 10.2. The van der Waals surface area contributed by atoms with Gasteiger partial charge in [0.15, 0.2) is 0 Å². The van der Waals surface area contributed by atoms with Crippen LogP contribution in [0.25, 0.3) is 0 Å². The van der Waals surface area contributed by atoms with Gasteiger partial charge in [0, 0.05) is 12.1 Å². The van der Waals surface area contributed by atoms with Crippen molar-refractivity contribution in [3.05, 3.63) is 92.5 Å². The van der Waals surface area contributed by atoms with E-state index in [4.69, 9.17) is 0 Å². The first-order valence-electron chi connectivity index (χ1n) is 7.31. The van der Waals surface area contributed by atoms with E-state index in [1.165, 1.54) is 27.5 Å². The quantitative estimate of drug-likeness (QED) is 0.576. The fourth-order valence-corrected chi connectivity index (χ4v) is 2.47. The molecule has 2 aromatic carbocycles. The van der Waals surface area contributed by atoms with Gasteiger partial charge in [-0.15, -0.1) is 0 Å². The first kappa shape index (κ1) is 15.5. The molecule has 7 nitrogen and oxygen atoms in total. The standard InChI is InChI=1S/C17H15N3O4/c21-16-12-18(10-14-6-8-15(9-7-14)20(23)24)17(22)19(16)11-13-4-2-1-3-5-13/h1-9,12,21H,10-11H2. The second-order valence-electron chi connectivity index (χ2n) is 5.39. The Labute approximate surface area is 137 Å². The number of rotatable bonds is 5. The van der Waals surface area contributed by atoms with Gasteiger partial charge in [-0.05, 0) is 11.1 Å². The normalized spacial score (nSPS) is 10.7. The van der Waals surface area contributed by atoms with Crippen LogP contribution in [0.15, 0.2) is 65.6 Å². The molecule has 0 amide bonds. The van der Waals surface area contributed by atoms with Gasteiger partial charge in [-0.1, -0.05) is 42.5 Å². The van der Waals surface area contributed by atoms with Crippen LogP contribution in [0.4, 0.5) is 5.69 Å². The summed E-state index contributed by atoms with van der Waals surface area (Å²) in [7, 11) is 0. The summed E-state index contributed by atoms with van der Waals surface area (Å²) in [6.07, 6.45) is 1.37. The van der Waals surface area contributed by atoms with Crippen LogP contribution in [-0.4, -0.2) is 19.2 Å². The molecule has 0 atom stereocenters. The van der Waals surface area contributed by atoms with Crippen molar-refractivity contribution in [3.63, 3.8) is 0 Å². The van der Waals surface area contributed by atoms with E-state index in [2.05, 4.69) is 0 Å². The molecule has 122 valence electrons. The minimum atomic E-state index is -0.474. The molecule has 0 fully saturated rings. The highest BCUT2D eigenvalue weighted by Crippen LogP contribution is 2.14. The van der Waals surface area contributed by atoms with Crippen LogP contribution in [0.2, 0.25) is 0 Å². The summed E-state index contributed by atoms with van der Waals surface area (Å²) in [6.45, 7) is 0.505. The first-order valence-corrected chi connectivity index (χ1v) is 7.31. The molecule has 0 radical (unpaired) electrons. The average Bonchev–Trinajstić information content (AvgIpc) is 2.84. The molecule has 0 aliphatic heterocycles. The van der Waals surface area contributed by atoms with Crippen LogP contribution >= 0.6 is 0 Å². The van der Waals surface area contributed by atoms with Gasteiger partial charge in [-0.25, -0.2) is 4.79 Å². The molecule has 0 spiro atoms. The van der Waals surface area contributed by atoms with Crippen LogP contribution in [0.3, 0.4) is 0 Å². The van der Waals surface area contributed by atoms with Gasteiger partial charge in [0.2, 0.25) is 5.88 Å². The second-order valence-corrected chi connectivity index (χ2v) is 5.39. The van der Waals surface area contributed by atoms with E-state index < -0.39 is 4.92 Å². The van der Waals surface area contributed by atoms with Crippen LogP contribution in [0.5, 0.6) is 5.88 Å². The Kier molecular flexibility index (Phi) is 4.15. The molecule has 0 saturated carbocycles. The van der Waals surface area contributed by atoms with Crippen LogP contribution in [0.1, 0.15) is 11.1 Å². The van der Waals surface area contributed by atoms with Gasteiger partial charge in [-0.2, -0.15) is 0 Å². The summed E-state index contributed by atoms with van der Waals surface area (Å²) in [5.41, 5.74) is 1.30. The van der Waals surface area contributed by atoms with E-state index in [0.29, 0.717) is 0 Å². The van der Waals surface area contributed by atoms with Crippen molar-refractivity contribution in [2.75, 3.05) is 0 Å². The summed E-state index contributed by atoms with van der Waals surface area (Å²) < 4.78 is 2.65. The summed E-state index contributed by atoms with van der Waals surface area (Å²) in [5, 5.41) is 20.7. The summed E-state index contributed by atoms with van der Waals surface area (Å²) in [4.78, 5) is 22.6. The highest BCUT2D eigenvalue weighted by Gasteiger charge is 2.12. The molecule has 3 rings (SSSR count). The van der Waals surface area contributed by atoms with E-state index >= 15 is 0 Å². The lowest BCUT2D eigenvalue weighted by Crippen LogP contribution is -2.25. The lowest BCUT2D eigenvalue weighted by molar-refractivity contribution is -0.384. The summed E-state index contributed by atoms with van der Waals surface area (Å²) >= 11 is 0. The van der Waals surface area contributed by atoms with Crippen molar-refractivity contribution in [2.45, 2.75) is 13.1 Å². The zero-order chi connectivity index (χ0) is 17.1. The predicted molar refractivity (Wildman–Crippen MR) is 88.1 cm³/mol. The minimum absolute atomic E-state index is 0.00408. The Hall–Kier alpha value is -3.35. The topological polar surface area (TPSA) is 90.3 Å². The number of aromatic nitrogens is 2. The van der Waals surface area contributed by atoms with Crippen molar-refractivity contribution >= 4 is 5.69 Å². The number of non-ortho nitro benzene ring substituents is 1. The van der Waals surface area contributed by atoms with Crippen molar-refractivity contribution in [3.8, 4) is 5.88 Å². The first-order chi connectivity index (χ1) is 11.5. The SMILES string of the molecule is O=c1n(Cc2ccc([N+](=O)[O-])cc2)cc(O)n1Cc1ccccc1. The highest BCUT2D eigenvalue weighted by atomic mass is 16.6. The fraction of sp³-hybridized carbons (Fsp3) is 0.118. The van der Waals surface area contributed by atoms with Gasteiger partial charge < -0.3 is 5.11 Å². The second kappa shape index (κ2) is 6.41. The van der Waals surface area contributed by atoms with Crippen molar-refractivity contribution in [1.82, 2.24) is 9.13 Å². The number of nitro benzene ring substituents is 1. The van der Waals surface area contributed by atoms with E-state index in [0.717, 1.165) is 11.1 Å². The number of imidazole rings is 1. The average molecular weight is 325 g/mol. The molecule has 0 bridgehead atoms. The van der Waals surface area contributed by atoms with E-state index in [-0.39, 0.29) is 30.3 Å². The largest absolute Gasteiger partial charge is 0.493 e. The molecular formula is C17H15N3O4. The molecule has 0 aliphatic carbocycles. The summed E-state index contributed by atoms with van der Waals surface area (Å²) in [6, 6.07) is 15.3. The highest BCUT2D eigenvalue weighted by molar-refractivity contribution is 5.33. The molecule has 24 heavy (non-hydrogen) atoms. The van der Waals surface area contributed by atoms with E-state index in [9.17, 15) is 20.0 Å². The Balaban J connectivity index is 1.83. The Morgan fingerprint density at radius 1 is 0.958 bits per heavy atom. The number of aromatic hydroxyl groups is 1. The van der Waals surface area contributed by atoms with Gasteiger partial charge in [0.05, 0.1) is 24.2 Å². The van der Waals surface area contributed by atoms with Crippen LogP contribution in [0, 0.1) is 10.1 Å². The van der Waals surface area contributed by atoms with Gasteiger partial charge >= 0.3 is 5.69 Å².